The summed E-state index contributed by atoms with van der Waals surface area (Å²) in [5.41, 5.74) is 5.37. The first-order valence-corrected chi connectivity index (χ1v) is 6.39. The van der Waals surface area contributed by atoms with E-state index >= 15 is 0 Å². The molecule has 0 aliphatic heterocycles. The number of nitrogen functional groups attached to an aromatic ring is 1. The Labute approximate surface area is 118 Å². The fraction of sp³-hybridized carbons (Fsp3) is 0.267. The molecule has 0 saturated carbocycles. The molecule has 3 N–H and O–H groups in total. The van der Waals surface area contributed by atoms with E-state index in [2.05, 4.69) is 41.5 Å². The van der Waals surface area contributed by atoms with Gasteiger partial charge in [-0.1, -0.05) is 17.7 Å². The number of hydrogen-bond acceptors (Lipinski definition) is 4. The molecular formula is C15H19N3O2. The first kappa shape index (κ1) is 14.1. The highest BCUT2D eigenvalue weighted by Gasteiger charge is 2.14. The van der Waals surface area contributed by atoms with Gasteiger partial charge in [-0.05, 0) is 32.0 Å². The van der Waals surface area contributed by atoms with Gasteiger partial charge in [0.25, 0.3) is 0 Å². The number of aryl methyl sites for hydroxylation is 2. The monoisotopic (exact) mass is 273 g/mol. The number of nitrogens with two attached hydrogens (primary N) is 1. The summed E-state index contributed by atoms with van der Waals surface area (Å²) in [5.74, 6) is 5.64. The van der Waals surface area contributed by atoms with Gasteiger partial charge in [-0.15, -0.1) is 0 Å². The molecule has 0 spiro atoms. The van der Waals surface area contributed by atoms with E-state index in [0.29, 0.717) is 6.54 Å². The van der Waals surface area contributed by atoms with Crippen molar-refractivity contribution < 1.29 is 9.21 Å². The van der Waals surface area contributed by atoms with Gasteiger partial charge in [0.1, 0.15) is 5.76 Å². The Balaban J connectivity index is 2.15. The molecule has 2 rings (SSSR count). The average Bonchev–Trinajstić information content (AvgIpc) is 2.80. The van der Waals surface area contributed by atoms with Crippen LogP contribution < -0.4 is 16.2 Å². The third kappa shape index (κ3) is 3.00. The van der Waals surface area contributed by atoms with Crippen molar-refractivity contribution in [1.82, 2.24) is 5.43 Å². The van der Waals surface area contributed by atoms with E-state index < -0.39 is 5.91 Å². The minimum absolute atomic E-state index is 0.234. The van der Waals surface area contributed by atoms with Gasteiger partial charge in [-0.3, -0.25) is 10.2 Å². The van der Waals surface area contributed by atoms with E-state index in [1.807, 2.05) is 14.0 Å². The number of anilines is 1. The number of nitrogens with zero attached hydrogens (tertiary/aromatic N) is 1. The zero-order valence-corrected chi connectivity index (χ0v) is 11.9. The number of amides is 1. The second kappa shape index (κ2) is 5.79. The Hall–Kier alpha value is -2.27. The van der Waals surface area contributed by atoms with Crippen molar-refractivity contribution in [3.8, 4) is 0 Å². The van der Waals surface area contributed by atoms with Crippen molar-refractivity contribution >= 4 is 11.6 Å². The molecule has 106 valence electrons. The lowest BCUT2D eigenvalue weighted by Gasteiger charge is -2.19. The summed E-state index contributed by atoms with van der Waals surface area (Å²) >= 11 is 0. The standard InChI is InChI=1S/C15H19N3O2/c1-10-4-6-13(7-5-10)18(3)9-12-8-14(15(19)17-16)20-11(12)2/h4-8H,9,16H2,1-3H3,(H,17,19). The van der Waals surface area contributed by atoms with Gasteiger partial charge in [-0.25, -0.2) is 5.84 Å². The summed E-state index contributed by atoms with van der Waals surface area (Å²) < 4.78 is 5.40. The third-order valence-corrected chi connectivity index (χ3v) is 3.26. The molecule has 5 nitrogen and oxygen atoms in total. The number of nitrogens with one attached hydrogen (secondary N) is 1. The summed E-state index contributed by atoms with van der Waals surface area (Å²) in [6.07, 6.45) is 0. The van der Waals surface area contributed by atoms with Crippen LogP contribution in [-0.2, 0) is 6.54 Å². The predicted molar refractivity (Wildman–Crippen MR) is 78.4 cm³/mol. The molecule has 0 radical (unpaired) electrons. The number of benzene rings is 1. The second-order valence-corrected chi connectivity index (χ2v) is 4.86. The molecule has 0 saturated heterocycles. The quantitative estimate of drug-likeness (QED) is 0.508. The Morgan fingerprint density at radius 1 is 1.30 bits per heavy atom. The van der Waals surface area contributed by atoms with Crippen LogP contribution in [0.25, 0.3) is 0 Å². The summed E-state index contributed by atoms with van der Waals surface area (Å²) in [4.78, 5) is 13.5. The fourth-order valence-electron chi connectivity index (χ4n) is 2.01. The Bertz CT molecular complexity index is 602. The lowest BCUT2D eigenvalue weighted by atomic mass is 10.2. The molecule has 1 amide bonds. The van der Waals surface area contributed by atoms with E-state index in [1.165, 1.54) is 5.56 Å². The molecule has 0 aliphatic carbocycles. The van der Waals surface area contributed by atoms with Gasteiger partial charge in [0.05, 0.1) is 0 Å². The average molecular weight is 273 g/mol. The number of hydrogen-bond donors (Lipinski definition) is 2. The molecule has 5 heteroatoms. The van der Waals surface area contributed by atoms with E-state index in [4.69, 9.17) is 10.3 Å². The molecule has 0 aliphatic rings. The van der Waals surface area contributed by atoms with E-state index in [-0.39, 0.29) is 5.76 Å². The molecule has 1 aromatic heterocycles. The second-order valence-electron chi connectivity index (χ2n) is 4.86. The van der Waals surface area contributed by atoms with Crippen molar-refractivity contribution in [2.24, 2.45) is 5.84 Å². The Morgan fingerprint density at radius 3 is 2.55 bits per heavy atom. The highest BCUT2D eigenvalue weighted by Crippen LogP contribution is 2.20. The number of furan rings is 1. The lowest BCUT2D eigenvalue weighted by molar-refractivity contribution is 0.0924. The van der Waals surface area contributed by atoms with Crippen LogP contribution in [0.15, 0.2) is 34.7 Å². The SMILES string of the molecule is Cc1ccc(N(C)Cc2cc(C(=O)NN)oc2C)cc1. The fourth-order valence-corrected chi connectivity index (χ4v) is 2.01. The number of hydrazine groups is 1. The first-order valence-electron chi connectivity index (χ1n) is 6.39. The van der Waals surface area contributed by atoms with Crippen LogP contribution in [0.4, 0.5) is 5.69 Å². The summed E-state index contributed by atoms with van der Waals surface area (Å²) in [7, 11) is 2.00. The van der Waals surface area contributed by atoms with Crippen molar-refractivity contribution in [2.75, 3.05) is 11.9 Å². The van der Waals surface area contributed by atoms with E-state index in [0.717, 1.165) is 17.0 Å². The van der Waals surface area contributed by atoms with Crippen LogP contribution in [0.1, 0.15) is 27.4 Å². The van der Waals surface area contributed by atoms with Crippen molar-refractivity contribution in [3.63, 3.8) is 0 Å². The molecule has 0 fully saturated rings. The highest BCUT2D eigenvalue weighted by atomic mass is 16.4. The topological polar surface area (TPSA) is 71.5 Å². The largest absolute Gasteiger partial charge is 0.456 e. The third-order valence-electron chi connectivity index (χ3n) is 3.26. The molecular weight excluding hydrogens is 254 g/mol. The summed E-state index contributed by atoms with van der Waals surface area (Å²) in [5, 5.41) is 0. The van der Waals surface area contributed by atoms with Crippen LogP contribution >= 0.6 is 0 Å². The van der Waals surface area contributed by atoms with Gasteiger partial charge in [-0.2, -0.15) is 0 Å². The van der Waals surface area contributed by atoms with Gasteiger partial charge in [0.15, 0.2) is 5.76 Å². The van der Waals surface area contributed by atoms with Crippen LogP contribution in [0, 0.1) is 13.8 Å². The smallest absolute Gasteiger partial charge is 0.300 e. The molecule has 0 bridgehead atoms. The maximum absolute atomic E-state index is 11.4. The summed E-state index contributed by atoms with van der Waals surface area (Å²) in [6.45, 7) is 4.56. The van der Waals surface area contributed by atoms with Crippen LogP contribution in [-0.4, -0.2) is 13.0 Å². The Morgan fingerprint density at radius 2 is 1.95 bits per heavy atom. The van der Waals surface area contributed by atoms with Crippen molar-refractivity contribution in [1.29, 1.82) is 0 Å². The molecule has 0 unspecified atom stereocenters. The lowest BCUT2D eigenvalue weighted by Crippen LogP contribution is -2.29. The molecule has 0 atom stereocenters. The first-order chi connectivity index (χ1) is 9.51. The zero-order chi connectivity index (χ0) is 14.7. The molecule has 1 aromatic carbocycles. The van der Waals surface area contributed by atoms with Crippen molar-refractivity contribution in [3.05, 3.63) is 53.0 Å². The zero-order valence-electron chi connectivity index (χ0n) is 11.9. The van der Waals surface area contributed by atoms with Crippen molar-refractivity contribution in [2.45, 2.75) is 20.4 Å². The maximum atomic E-state index is 11.4. The number of rotatable bonds is 4. The van der Waals surface area contributed by atoms with Gasteiger partial charge >= 0.3 is 5.91 Å². The maximum Gasteiger partial charge on any atom is 0.300 e. The Kier molecular flexibility index (Phi) is 4.10. The summed E-state index contributed by atoms with van der Waals surface area (Å²) in [6, 6.07) is 10.0. The van der Waals surface area contributed by atoms with E-state index in [1.54, 1.807) is 6.07 Å². The highest BCUT2D eigenvalue weighted by molar-refractivity contribution is 5.91. The molecule has 20 heavy (non-hydrogen) atoms. The van der Waals surface area contributed by atoms with Crippen LogP contribution in [0.2, 0.25) is 0 Å². The van der Waals surface area contributed by atoms with Gasteiger partial charge < -0.3 is 9.32 Å². The van der Waals surface area contributed by atoms with Crippen LogP contribution in [0.3, 0.4) is 0 Å². The number of carbonyl (C=O) groups excluding carboxylic acids is 1. The van der Waals surface area contributed by atoms with Gasteiger partial charge in [0.2, 0.25) is 0 Å². The molecule has 2 aromatic rings. The van der Waals surface area contributed by atoms with Crippen LogP contribution in [0.5, 0.6) is 0 Å². The number of carbonyl (C=O) groups is 1. The van der Waals surface area contributed by atoms with E-state index in [9.17, 15) is 4.79 Å². The predicted octanol–water partition coefficient (Wildman–Crippen LogP) is 2.14. The normalized spacial score (nSPS) is 10.4. The minimum Gasteiger partial charge on any atom is -0.456 e. The van der Waals surface area contributed by atoms with Gasteiger partial charge in [0, 0.05) is 24.8 Å². The molecule has 1 heterocycles. The minimum atomic E-state index is -0.419.